The summed E-state index contributed by atoms with van der Waals surface area (Å²) in [6.45, 7) is 12.2. The number of aromatic nitrogens is 2. The lowest BCUT2D eigenvalue weighted by molar-refractivity contribution is 0.481. The fourth-order valence-electron chi connectivity index (χ4n) is 1.47. The van der Waals surface area contributed by atoms with Crippen molar-refractivity contribution in [1.29, 1.82) is 0 Å². The molecule has 1 rings (SSSR count). The van der Waals surface area contributed by atoms with E-state index in [1.165, 1.54) is 5.56 Å². The van der Waals surface area contributed by atoms with Crippen molar-refractivity contribution < 1.29 is 0 Å². The first kappa shape index (κ1) is 11.3. The summed E-state index contributed by atoms with van der Waals surface area (Å²) >= 11 is 0. The van der Waals surface area contributed by atoms with E-state index in [2.05, 4.69) is 50.6 Å². The Morgan fingerprint density at radius 3 is 2.36 bits per heavy atom. The Bertz CT molecular complexity index is 274. The SMILES string of the molecule is CC(C)Cn1cc(C(C)C(C)C)cn1. The van der Waals surface area contributed by atoms with Crippen LogP contribution in [0.1, 0.15) is 46.1 Å². The zero-order chi connectivity index (χ0) is 10.7. The summed E-state index contributed by atoms with van der Waals surface area (Å²) in [5.74, 6) is 1.96. The summed E-state index contributed by atoms with van der Waals surface area (Å²) in [5, 5.41) is 4.38. The topological polar surface area (TPSA) is 17.8 Å². The van der Waals surface area contributed by atoms with Gasteiger partial charge in [-0.25, -0.2) is 0 Å². The molecule has 0 aliphatic carbocycles. The second kappa shape index (κ2) is 4.63. The second-order valence-electron chi connectivity index (χ2n) is 4.92. The molecule has 0 radical (unpaired) electrons. The molecule has 1 unspecified atom stereocenters. The van der Waals surface area contributed by atoms with Gasteiger partial charge in [0.2, 0.25) is 0 Å². The van der Waals surface area contributed by atoms with Crippen LogP contribution in [0.25, 0.3) is 0 Å². The number of hydrogen-bond acceptors (Lipinski definition) is 1. The summed E-state index contributed by atoms with van der Waals surface area (Å²) < 4.78 is 2.05. The summed E-state index contributed by atoms with van der Waals surface area (Å²) in [4.78, 5) is 0. The van der Waals surface area contributed by atoms with Gasteiger partial charge in [-0.1, -0.05) is 34.6 Å². The maximum Gasteiger partial charge on any atom is 0.0524 e. The Kier molecular flexibility index (Phi) is 3.73. The Balaban J connectivity index is 2.67. The molecule has 0 fully saturated rings. The molecule has 1 heterocycles. The minimum absolute atomic E-state index is 0.607. The molecule has 0 aromatic carbocycles. The van der Waals surface area contributed by atoms with Crippen LogP contribution in [0.2, 0.25) is 0 Å². The first-order chi connectivity index (χ1) is 6.50. The van der Waals surface area contributed by atoms with Crippen LogP contribution in [0.15, 0.2) is 12.4 Å². The van der Waals surface area contributed by atoms with Crippen LogP contribution in [0, 0.1) is 11.8 Å². The molecular formula is C12H22N2. The third-order valence-corrected chi connectivity index (χ3v) is 2.73. The lowest BCUT2D eigenvalue weighted by atomic mass is 9.93. The first-order valence-electron chi connectivity index (χ1n) is 5.53. The average molecular weight is 194 g/mol. The number of nitrogens with zero attached hydrogens (tertiary/aromatic N) is 2. The molecule has 80 valence electrons. The van der Waals surface area contributed by atoms with Gasteiger partial charge in [0, 0.05) is 12.7 Å². The molecule has 0 aliphatic rings. The molecule has 1 aromatic heterocycles. The normalized spacial score (nSPS) is 13.9. The first-order valence-corrected chi connectivity index (χ1v) is 5.53. The lowest BCUT2D eigenvalue weighted by Crippen LogP contribution is -2.05. The second-order valence-corrected chi connectivity index (χ2v) is 4.92. The number of rotatable bonds is 4. The van der Waals surface area contributed by atoms with Crippen molar-refractivity contribution in [2.75, 3.05) is 0 Å². The van der Waals surface area contributed by atoms with Gasteiger partial charge in [-0.2, -0.15) is 5.10 Å². The van der Waals surface area contributed by atoms with Gasteiger partial charge in [-0.3, -0.25) is 4.68 Å². The highest BCUT2D eigenvalue weighted by molar-refractivity contribution is 5.10. The quantitative estimate of drug-likeness (QED) is 0.719. The summed E-state index contributed by atoms with van der Waals surface area (Å²) in [6.07, 6.45) is 4.19. The standard InChI is InChI=1S/C12H22N2/c1-9(2)7-14-8-12(6-13-14)11(5)10(3)4/h6,8-11H,7H2,1-5H3. The van der Waals surface area contributed by atoms with Gasteiger partial charge in [0.1, 0.15) is 0 Å². The highest BCUT2D eigenvalue weighted by Crippen LogP contribution is 2.22. The maximum absolute atomic E-state index is 4.38. The molecule has 0 aliphatic heterocycles. The molecule has 0 spiro atoms. The molecule has 1 atom stereocenters. The van der Waals surface area contributed by atoms with Crippen molar-refractivity contribution in [2.24, 2.45) is 11.8 Å². The predicted molar refractivity (Wildman–Crippen MR) is 60.3 cm³/mol. The fraction of sp³-hybridized carbons (Fsp3) is 0.750. The van der Waals surface area contributed by atoms with E-state index in [0.717, 1.165) is 6.54 Å². The molecule has 0 bridgehead atoms. The van der Waals surface area contributed by atoms with Crippen LogP contribution >= 0.6 is 0 Å². The summed E-state index contributed by atoms with van der Waals surface area (Å²) in [7, 11) is 0. The predicted octanol–water partition coefficient (Wildman–Crippen LogP) is 3.30. The van der Waals surface area contributed by atoms with Crippen LogP contribution in [0.5, 0.6) is 0 Å². The van der Waals surface area contributed by atoms with E-state index in [-0.39, 0.29) is 0 Å². The third-order valence-electron chi connectivity index (χ3n) is 2.73. The van der Waals surface area contributed by atoms with E-state index in [1.807, 2.05) is 6.20 Å². The number of hydrogen-bond donors (Lipinski definition) is 0. The highest BCUT2D eigenvalue weighted by atomic mass is 15.3. The Labute approximate surface area is 87.3 Å². The van der Waals surface area contributed by atoms with Crippen LogP contribution in [-0.2, 0) is 6.54 Å². The van der Waals surface area contributed by atoms with E-state index in [9.17, 15) is 0 Å². The Morgan fingerprint density at radius 2 is 1.86 bits per heavy atom. The van der Waals surface area contributed by atoms with Gasteiger partial charge in [-0.15, -0.1) is 0 Å². The smallest absolute Gasteiger partial charge is 0.0524 e. The third kappa shape index (κ3) is 2.86. The zero-order valence-corrected chi connectivity index (χ0v) is 9.99. The lowest BCUT2D eigenvalue weighted by Gasteiger charge is -2.12. The largest absolute Gasteiger partial charge is 0.272 e. The summed E-state index contributed by atoms with van der Waals surface area (Å²) in [6, 6.07) is 0. The minimum atomic E-state index is 0.607. The molecule has 1 aromatic rings. The zero-order valence-electron chi connectivity index (χ0n) is 9.99. The molecule has 14 heavy (non-hydrogen) atoms. The molecule has 0 saturated carbocycles. The van der Waals surface area contributed by atoms with E-state index >= 15 is 0 Å². The highest BCUT2D eigenvalue weighted by Gasteiger charge is 2.11. The fourth-order valence-corrected chi connectivity index (χ4v) is 1.47. The molecular weight excluding hydrogens is 172 g/mol. The molecule has 2 nitrogen and oxygen atoms in total. The van der Waals surface area contributed by atoms with Crippen molar-refractivity contribution in [3.63, 3.8) is 0 Å². The molecule has 2 heteroatoms. The van der Waals surface area contributed by atoms with E-state index < -0.39 is 0 Å². The van der Waals surface area contributed by atoms with E-state index in [0.29, 0.717) is 17.8 Å². The Hall–Kier alpha value is -0.790. The average Bonchev–Trinajstić information content (AvgIpc) is 2.50. The van der Waals surface area contributed by atoms with Crippen molar-refractivity contribution in [3.8, 4) is 0 Å². The van der Waals surface area contributed by atoms with Crippen molar-refractivity contribution >= 4 is 0 Å². The van der Waals surface area contributed by atoms with Gasteiger partial charge in [-0.05, 0) is 23.3 Å². The van der Waals surface area contributed by atoms with Crippen LogP contribution in [0.3, 0.4) is 0 Å². The van der Waals surface area contributed by atoms with Crippen molar-refractivity contribution in [2.45, 2.75) is 47.1 Å². The van der Waals surface area contributed by atoms with Crippen molar-refractivity contribution in [3.05, 3.63) is 18.0 Å². The van der Waals surface area contributed by atoms with Gasteiger partial charge in [0.15, 0.2) is 0 Å². The Morgan fingerprint density at radius 1 is 1.21 bits per heavy atom. The van der Waals surface area contributed by atoms with Gasteiger partial charge in [0.25, 0.3) is 0 Å². The van der Waals surface area contributed by atoms with Crippen molar-refractivity contribution in [1.82, 2.24) is 9.78 Å². The summed E-state index contributed by atoms with van der Waals surface area (Å²) in [5.41, 5.74) is 1.36. The molecule has 0 amide bonds. The van der Waals surface area contributed by atoms with Crippen LogP contribution < -0.4 is 0 Å². The van der Waals surface area contributed by atoms with Gasteiger partial charge >= 0.3 is 0 Å². The molecule has 0 saturated heterocycles. The van der Waals surface area contributed by atoms with Crippen LogP contribution in [0.4, 0.5) is 0 Å². The molecule has 0 N–H and O–H groups in total. The maximum atomic E-state index is 4.38. The minimum Gasteiger partial charge on any atom is -0.272 e. The van der Waals surface area contributed by atoms with E-state index in [4.69, 9.17) is 0 Å². The van der Waals surface area contributed by atoms with Gasteiger partial charge in [0.05, 0.1) is 6.20 Å². The van der Waals surface area contributed by atoms with Crippen LogP contribution in [-0.4, -0.2) is 9.78 Å². The van der Waals surface area contributed by atoms with E-state index in [1.54, 1.807) is 0 Å². The van der Waals surface area contributed by atoms with Gasteiger partial charge < -0.3 is 0 Å². The monoisotopic (exact) mass is 194 g/mol.